The number of hydrogen-bond donors (Lipinski definition) is 1. The molecule has 1 aliphatic heterocycles. The third-order valence-electron chi connectivity index (χ3n) is 3.17. The van der Waals surface area contributed by atoms with Crippen molar-refractivity contribution in [2.24, 2.45) is 5.92 Å². The number of benzene rings is 1. The molecule has 1 heterocycles. The summed E-state index contributed by atoms with van der Waals surface area (Å²) in [5.41, 5.74) is 0.778. The fourth-order valence-electron chi connectivity index (χ4n) is 2.30. The van der Waals surface area contributed by atoms with Crippen LogP contribution in [-0.2, 0) is 6.54 Å². The average Bonchev–Trinajstić information content (AvgIpc) is 2.75. The zero-order valence-corrected chi connectivity index (χ0v) is 10.4. The van der Waals surface area contributed by atoms with Gasteiger partial charge >= 0.3 is 6.36 Å². The summed E-state index contributed by atoms with van der Waals surface area (Å²) in [7, 11) is 0. The van der Waals surface area contributed by atoms with Crippen molar-refractivity contribution >= 4 is 0 Å². The van der Waals surface area contributed by atoms with Crippen LogP contribution >= 0.6 is 0 Å². The Morgan fingerprint density at radius 2 is 2.16 bits per heavy atom. The normalized spacial score (nSPS) is 20.7. The van der Waals surface area contributed by atoms with E-state index in [4.69, 9.17) is 5.11 Å². The molecule has 1 fully saturated rings. The minimum atomic E-state index is -4.66. The first-order valence-corrected chi connectivity index (χ1v) is 6.14. The molecule has 1 aromatic carbocycles. The highest BCUT2D eigenvalue weighted by Crippen LogP contribution is 2.25. The summed E-state index contributed by atoms with van der Waals surface area (Å²) in [5, 5.41) is 9.05. The maximum absolute atomic E-state index is 12.1. The molecule has 1 unspecified atom stereocenters. The number of alkyl halides is 3. The van der Waals surface area contributed by atoms with Crippen molar-refractivity contribution in [3.63, 3.8) is 0 Å². The van der Waals surface area contributed by atoms with Gasteiger partial charge in [0, 0.05) is 19.7 Å². The van der Waals surface area contributed by atoms with Gasteiger partial charge in [0.1, 0.15) is 5.75 Å². The molecule has 19 heavy (non-hydrogen) atoms. The predicted molar refractivity (Wildman–Crippen MR) is 63.6 cm³/mol. The Morgan fingerprint density at radius 3 is 2.79 bits per heavy atom. The van der Waals surface area contributed by atoms with Crippen LogP contribution < -0.4 is 4.74 Å². The van der Waals surface area contributed by atoms with Gasteiger partial charge in [0.2, 0.25) is 0 Å². The lowest BCUT2D eigenvalue weighted by Crippen LogP contribution is -2.21. The first-order chi connectivity index (χ1) is 8.96. The second kappa shape index (κ2) is 5.79. The molecule has 106 valence electrons. The highest BCUT2D eigenvalue weighted by molar-refractivity contribution is 5.28. The van der Waals surface area contributed by atoms with Crippen molar-refractivity contribution in [1.82, 2.24) is 4.90 Å². The smallest absolute Gasteiger partial charge is 0.406 e. The van der Waals surface area contributed by atoms with E-state index in [0.29, 0.717) is 6.54 Å². The molecule has 0 spiro atoms. The van der Waals surface area contributed by atoms with E-state index in [1.54, 1.807) is 12.1 Å². The summed E-state index contributed by atoms with van der Waals surface area (Å²) in [5.74, 6) is 0.0810. The first kappa shape index (κ1) is 14.1. The molecule has 1 atom stereocenters. The highest BCUT2D eigenvalue weighted by atomic mass is 19.4. The molecule has 1 aromatic rings. The van der Waals surface area contributed by atoms with E-state index in [0.717, 1.165) is 25.1 Å². The molecule has 0 bridgehead atoms. The van der Waals surface area contributed by atoms with Crippen LogP contribution in [-0.4, -0.2) is 36.1 Å². The average molecular weight is 275 g/mol. The van der Waals surface area contributed by atoms with Crippen molar-refractivity contribution in [3.05, 3.63) is 29.8 Å². The SMILES string of the molecule is OCC1CCN(Cc2cccc(OC(F)(F)F)c2)C1. The van der Waals surface area contributed by atoms with Crippen LogP contribution in [0, 0.1) is 5.92 Å². The van der Waals surface area contributed by atoms with Gasteiger partial charge in [0.25, 0.3) is 0 Å². The molecular weight excluding hydrogens is 259 g/mol. The van der Waals surface area contributed by atoms with E-state index in [2.05, 4.69) is 9.64 Å². The number of rotatable bonds is 4. The van der Waals surface area contributed by atoms with E-state index in [1.165, 1.54) is 12.1 Å². The molecule has 0 aromatic heterocycles. The van der Waals surface area contributed by atoms with Gasteiger partial charge in [-0.2, -0.15) is 0 Å². The maximum Gasteiger partial charge on any atom is 0.573 e. The largest absolute Gasteiger partial charge is 0.573 e. The van der Waals surface area contributed by atoms with Gasteiger partial charge in [-0.15, -0.1) is 13.2 Å². The number of halogens is 3. The lowest BCUT2D eigenvalue weighted by atomic mass is 10.1. The Balaban J connectivity index is 1.96. The van der Waals surface area contributed by atoms with Crippen LogP contribution in [0.3, 0.4) is 0 Å². The molecule has 0 amide bonds. The summed E-state index contributed by atoms with van der Waals surface area (Å²) >= 11 is 0. The maximum atomic E-state index is 12.1. The first-order valence-electron chi connectivity index (χ1n) is 6.14. The number of ether oxygens (including phenoxy) is 1. The van der Waals surface area contributed by atoms with Crippen LogP contribution in [0.2, 0.25) is 0 Å². The number of likely N-dealkylation sites (tertiary alicyclic amines) is 1. The standard InChI is InChI=1S/C13H16F3NO2/c14-13(15,16)19-12-3-1-2-10(6-12)7-17-5-4-11(8-17)9-18/h1-3,6,11,18H,4-5,7-9H2. The quantitative estimate of drug-likeness (QED) is 0.916. The van der Waals surface area contributed by atoms with Gasteiger partial charge in [0.05, 0.1) is 0 Å². The van der Waals surface area contributed by atoms with Gasteiger partial charge in [0.15, 0.2) is 0 Å². The predicted octanol–water partition coefficient (Wildman–Crippen LogP) is 2.40. The number of hydrogen-bond acceptors (Lipinski definition) is 3. The molecule has 1 aliphatic rings. The third kappa shape index (κ3) is 4.40. The zero-order valence-electron chi connectivity index (χ0n) is 10.4. The molecule has 0 saturated carbocycles. The van der Waals surface area contributed by atoms with Crippen molar-refractivity contribution in [2.45, 2.75) is 19.3 Å². The lowest BCUT2D eigenvalue weighted by Gasteiger charge is -2.16. The summed E-state index contributed by atoms with van der Waals surface area (Å²) in [4.78, 5) is 2.12. The minimum absolute atomic E-state index is 0.160. The van der Waals surface area contributed by atoms with Crippen LogP contribution in [0.4, 0.5) is 13.2 Å². The molecule has 2 rings (SSSR count). The molecule has 1 saturated heterocycles. The van der Waals surface area contributed by atoms with E-state index in [1.807, 2.05) is 0 Å². The van der Waals surface area contributed by atoms with Crippen molar-refractivity contribution in [3.8, 4) is 5.75 Å². The van der Waals surface area contributed by atoms with E-state index < -0.39 is 6.36 Å². The molecule has 0 radical (unpaired) electrons. The number of aliphatic hydroxyl groups is 1. The highest BCUT2D eigenvalue weighted by Gasteiger charge is 2.31. The fourth-order valence-corrected chi connectivity index (χ4v) is 2.30. The Kier molecular flexibility index (Phi) is 4.31. The van der Waals surface area contributed by atoms with E-state index >= 15 is 0 Å². The Labute approximate surface area is 109 Å². The minimum Gasteiger partial charge on any atom is -0.406 e. The zero-order chi connectivity index (χ0) is 13.9. The Bertz CT molecular complexity index is 423. The molecular formula is C13H16F3NO2. The number of nitrogens with zero attached hydrogens (tertiary/aromatic N) is 1. The summed E-state index contributed by atoms with van der Waals surface area (Å²) in [6.45, 7) is 2.37. The monoisotopic (exact) mass is 275 g/mol. The van der Waals surface area contributed by atoms with Crippen molar-refractivity contribution < 1.29 is 23.0 Å². The Morgan fingerprint density at radius 1 is 1.37 bits per heavy atom. The van der Waals surface area contributed by atoms with E-state index in [9.17, 15) is 13.2 Å². The summed E-state index contributed by atoms with van der Waals surface area (Å²) in [6.07, 6.45) is -3.73. The van der Waals surface area contributed by atoms with Crippen LogP contribution in [0.15, 0.2) is 24.3 Å². The van der Waals surface area contributed by atoms with Crippen LogP contribution in [0.5, 0.6) is 5.75 Å². The second-order valence-electron chi connectivity index (χ2n) is 4.77. The molecule has 6 heteroatoms. The van der Waals surface area contributed by atoms with Gasteiger partial charge < -0.3 is 9.84 Å². The fraction of sp³-hybridized carbons (Fsp3) is 0.538. The third-order valence-corrected chi connectivity index (χ3v) is 3.17. The van der Waals surface area contributed by atoms with Crippen molar-refractivity contribution in [1.29, 1.82) is 0 Å². The van der Waals surface area contributed by atoms with Gasteiger partial charge in [-0.1, -0.05) is 12.1 Å². The Hall–Kier alpha value is -1.27. The summed E-state index contributed by atoms with van der Waals surface area (Å²) < 4.78 is 40.2. The number of aliphatic hydroxyl groups excluding tert-OH is 1. The summed E-state index contributed by atoms with van der Waals surface area (Å²) in [6, 6.07) is 6.02. The van der Waals surface area contributed by atoms with Crippen molar-refractivity contribution in [2.75, 3.05) is 19.7 Å². The second-order valence-corrected chi connectivity index (χ2v) is 4.77. The molecule has 3 nitrogen and oxygen atoms in total. The molecule has 1 N–H and O–H groups in total. The lowest BCUT2D eigenvalue weighted by molar-refractivity contribution is -0.274. The topological polar surface area (TPSA) is 32.7 Å². The van der Waals surface area contributed by atoms with Gasteiger partial charge in [-0.05, 0) is 36.6 Å². The molecule has 0 aliphatic carbocycles. The van der Waals surface area contributed by atoms with Gasteiger partial charge in [-0.25, -0.2) is 0 Å². The van der Waals surface area contributed by atoms with Crippen LogP contribution in [0.1, 0.15) is 12.0 Å². The van der Waals surface area contributed by atoms with E-state index in [-0.39, 0.29) is 18.3 Å². The van der Waals surface area contributed by atoms with Gasteiger partial charge in [-0.3, -0.25) is 4.90 Å². The van der Waals surface area contributed by atoms with Crippen LogP contribution in [0.25, 0.3) is 0 Å².